The van der Waals surface area contributed by atoms with E-state index in [1.807, 2.05) is 27.7 Å². The second kappa shape index (κ2) is 7.18. The first-order valence-electron chi connectivity index (χ1n) is 10.3. The van der Waals surface area contributed by atoms with Crippen LogP contribution in [0.1, 0.15) is 61.3 Å². The van der Waals surface area contributed by atoms with E-state index >= 15 is 0 Å². The second-order valence-electron chi connectivity index (χ2n) is 10.6. The Morgan fingerprint density at radius 3 is 2.12 bits per heavy atom. The van der Waals surface area contributed by atoms with Crippen LogP contribution in [0, 0.1) is 0 Å². The Hall–Kier alpha value is -1.63. The van der Waals surface area contributed by atoms with Crippen molar-refractivity contribution < 1.29 is 39.3 Å². The standard InChI is InChI=1S/C19H31B2N3O8/c1-14(2,3)30-13(25)24-18(20,27)10-17(26,11-19(24,28)29)23-9-12(8-22-23)21-31-15(4,5)16(6,7)32-21/h8-9,26-29H,10-11H2,1-7H3. The first-order valence-corrected chi connectivity index (χ1v) is 10.3. The van der Waals surface area contributed by atoms with Gasteiger partial charge in [0.2, 0.25) is 0 Å². The lowest BCUT2D eigenvalue weighted by Crippen LogP contribution is -2.72. The maximum atomic E-state index is 12.5. The number of aliphatic hydroxyl groups is 4. The van der Waals surface area contributed by atoms with Crippen LogP contribution in [0.15, 0.2) is 12.4 Å². The highest BCUT2D eigenvalue weighted by molar-refractivity contribution is 6.62. The largest absolute Gasteiger partial charge is 0.498 e. The third-order valence-electron chi connectivity index (χ3n) is 5.94. The third kappa shape index (κ3) is 4.42. The highest BCUT2D eigenvalue weighted by Crippen LogP contribution is 2.42. The van der Waals surface area contributed by atoms with Gasteiger partial charge in [-0.25, -0.2) is 14.4 Å². The number of likely N-dealkylation sites (tertiary alicyclic amines) is 1. The number of piperidine rings is 1. The molecule has 3 rings (SSSR count). The zero-order chi connectivity index (χ0) is 24.5. The Kier molecular flexibility index (Phi) is 5.61. The molecule has 4 N–H and O–H groups in total. The normalized spacial score (nSPS) is 31.6. The van der Waals surface area contributed by atoms with Gasteiger partial charge >= 0.3 is 13.2 Å². The summed E-state index contributed by atoms with van der Waals surface area (Å²) in [6.45, 7) is 12.2. The predicted octanol–water partition coefficient (Wildman–Crippen LogP) is -0.689. The van der Waals surface area contributed by atoms with Gasteiger partial charge in [-0.15, -0.1) is 0 Å². The first-order chi connectivity index (χ1) is 14.2. The lowest BCUT2D eigenvalue weighted by atomic mass is 9.76. The SMILES string of the molecule is [B]C1(O)CC(O)(n2cc(B3OC(C)(C)C(C)(C)O3)cn2)CC(O)(O)N1C(=O)OC(C)(C)C. The Bertz CT molecular complexity index is 859. The number of hydrogen-bond donors (Lipinski definition) is 4. The van der Waals surface area contributed by atoms with Gasteiger partial charge in [0.05, 0.1) is 17.6 Å². The second-order valence-corrected chi connectivity index (χ2v) is 10.6. The Labute approximate surface area is 188 Å². The van der Waals surface area contributed by atoms with E-state index in [-0.39, 0.29) is 4.90 Å². The van der Waals surface area contributed by atoms with Crippen molar-refractivity contribution in [2.75, 3.05) is 0 Å². The number of rotatable bonds is 2. The van der Waals surface area contributed by atoms with Crippen molar-refractivity contribution in [2.45, 2.75) is 95.4 Å². The average Bonchev–Trinajstić information content (AvgIpc) is 3.06. The fourth-order valence-electron chi connectivity index (χ4n) is 3.77. The molecule has 2 unspecified atom stereocenters. The van der Waals surface area contributed by atoms with Crippen molar-refractivity contribution in [2.24, 2.45) is 0 Å². The first kappa shape index (κ1) is 25.0. The summed E-state index contributed by atoms with van der Waals surface area (Å²) in [5.74, 6) is -3.05. The fraction of sp³-hybridized carbons (Fsp3) is 0.789. The van der Waals surface area contributed by atoms with Crippen molar-refractivity contribution in [1.29, 1.82) is 0 Å². The highest BCUT2D eigenvalue weighted by Gasteiger charge is 2.60. The van der Waals surface area contributed by atoms with Crippen LogP contribution in [-0.4, -0.2) is 84.5 Å². The van der Waals surface area contributed by atoms with E-state index in [4.69, 9.17) is 21.9 Å². The molecule has 1 aromatic heterocycles. The highest BCUT2D eigenvalue weighted by atomic mass is 16.7. The van der Waals surface area contributed by atoms with Crippen molar-refractivity contribution >= 4 is 26.5 Å². The summed E-state index contributed by atoms with van der Waals surface area (Å²) < 4.78 is 18.1. The average molecular weight is 451 g/mol. The number of carbonyl (C=O) groups is 1. The third-order valence-corrected chi connectivity index (χ3v) is 5.94. The molecule has 32 heavy (non-hydrogen) atoms. The van der Waals surface area contributed by atoms with Gasteiger partial charge in [-0.1, -0.05) is 0 Å². The van der Waals surface area contributed by atoms with Gasteiger partial charge in [-0.2, -0.15) is 5.10 Å². The summed E-state index contributed by atoms with van der Waals surface area (Å²) in [6.07, 6.45) is 0.0209. The maximum absolute atomic E-state index is 12.5. The van der Waals surface area contributed by atoms with Crippen LogP contribution in [0.3, 0.4) is 0 Å². The van der Waals surface area contributed by atoms with E-state index in [1.165, 1.54) is 12.4 Å². The minimum Gasteiger partial charge on any atom is -0.444 e. The Balaban J connectivity index is 1.87. The van der Waals surface area contributed by atoms with Gasteiger partial charge < -0.3 is 34.5 Å². The van der Waals surface area contributed by atoms with Crippen LogP contribution in [0.25, 0.3) is 0 Å². The number of hydrogen-bond acceptors (Lipinski definition) is 9. The molecule has 2 aliphatic rings. The molecule has 11 nitrogen and oxygen atoms in total. The van der Waals surface area contributed by atoms with Crippen LogP contribution < -0.4 is 5.46 Å². The van der Waals surface area contributed by atoms with Crippen LogP contribution in [0.4, 0.5) is 4.79 Å². The molecule has 2 fully saturated rings. The van der Waals surface area contributed by atoms with E-state index in [0.29, 0.717) is 5.46 Å². The van der Waals surface area contributed by atoms with E-state index in [1.54, 1.807) is 20.8 Å². The van der Waals surface area contributed by atoms with Gasteiger partial charge in [0.1, 0.15) is 19.1 Å². The summed E-state index contributed by atoms with van der Waals surface area (Å²) in [6, 6.07) is 0. The summed E-state index contributed by atoms with van der Waals surface area (Å²) in [5, 5.41) is 47.2. The molecule has 1 amide bonds. The van der Waals surface area contributed by atoms with Crippen LogP contribution in [0.2, 0.25) is 0 Å². The van der Waals surface area contributed by atoms with Crippen LogP contribution >= 0.6 is 0 Å². The Morgan fingerprint density at radius 2 is 1.66 bits per heavy atom. The smallest absolute Gasteiger partial charge is 0.444 e. The zero-order valence-corrected chi connectivity index (χ0v) is 19.5. The van der Waals surface area contributed by atoms with Gasteiger partial charge in [-0.05, 0) is 48.5 Å². The number of carbonyl (C=O) groups excluding carboxylic acids is 1. The molecule has 0 aromatic carbocycles. The molecule has 0 bridgehead atoms. The number of amides is 1. The molecule has 0 spiro atoms. The molecular formula is C19H31B2N3O8. The summed E-state index contributed by atoms with van der Waals surface area (Å²) in [4.78, 5) is 12.7. The van der Waals surface area contributed by atoms with E-state index in [9.17, 15) is 25.2 Å². The van der Waals surface area contributed by atoms with Gasteiger partial charge in [0.25, 0.3) is 5.91 Å². The maximum Gasteiger partial charge on any atom is 0.498 e. The summed E-state index contributed by atoms with van der Waals surface area (Å²) in [7, 11) is 5.07. The molecule has 2 radical (unpaired) electrons. The van der Waals surface area contributed by atoms with E-state index in [2.05, 4.69) is 5.10 Å². The Morgan fingerprint density at radius 1 is 1.12 bits per heavy atom. The molecule has 2 atom stereocenters. The van der Waals surface area contributed by atoms with Gasteiger partial charge in [-0.3, -0.25) is 0 Å². The van der Waals surface area contributed by atoms with E-state index < -0.39 is 60.1 Å². The predicted molar refractivity (Wildman–Crippen MR) is 113 cm³/mol. The number of aromatic nitrogens is 2. The van der Waals surface area contributed by atoms with Crippen molar-refractivity contribution in [3.8, 4) is 0 Å². The number of ether oxygens (including phenoxy) is 1. The molecule has 2 aliphatic heterocycles. The zero-order valence-electron chi connectivity index (χ0n) is 19.5. The minimum atomic E-state index is -3.05. The molecule has 176 valence electrons. The minimum absolute atomic E-state index is 0.193. The summed E-state index contributed by atoms with van der Waals surface area (Å²) in [5.41, 5.74) is -6.55. The van der Waals surface area contributed by atoms with Crippen molar-refractivity contribution in [3.63, 3.8) is 0 Å². The van der Waals surface area contributed by atoms with E-state index in [0.717, 1.165) is 4.68 Å². The molecular weight excluding hydrogens is 420 g/mol. The lowest BCUT2D eigenvalue weighted by Gasteiger charge is -2.53. The topological polar surface area (TPSA) is 147 Å². The molecule has 0 aliphatic carbocycles. The van der Waals surface area contributed by atoms with Crippen LogP contribution in [-0.2, 0) is 19.8 Å². The molecule has 0 saturated carbocycles. The monoisotopic (exact) mass is 451 g/mol. The van der Waals surface area contributed by atoms with Crippen LogP contribution in [0.5, 0.6) is 0 Å². The molecule has 1 aromatic rings. The quantitative estimate of drug-likeness (QED) is 0.339. The molecule has 3 heterocycles. The fourth-order valence-corrected chi connectivity index (χ4v) is 3.77. The summed E-state index contributed by atoms with van der Waals surface area (Å²) >= 11 is 0. The van der Waals surface area contributed by atoms with Crippen molar-refractivity contribution in [1.82, 2.24) is 14.7 Å². The van der Waals surface area contributed by atoms with Crippen molar-refractivity contribution in [3.05, 3.63) is 12.4 Å². The lowest BCUT2D eigenvalue weighted by molar-refractivity contribution is -0.356. The molecule has 2 saturated heterocycles. The number of nitrogens with zero attached hydrogens (tertiary/aromatic N) is 3. The van der Waals surface area contributed by atoms with Gasteiger partial charge in [0, 0.05) is 24.3 Å². The van der Waals surface area contributed by atoms with Gasteiger partial charge in [0.15, 0.2) is 5.72 Å². The molecule has 13 heteroatoms.